The number of carbonyl (C=O) groups is 1. The standard InChI is InChI=1S/C17H17NO2/c19-16-12-11-15(18-16)17(20,13-7-3-1-4-8-13)14-9-5-2-6-10-14/h1-10,15,20H,11-12H2,(H,18,19). The second-order valence-corrected chi connectivity index (χ2v) is 5.16. The van der Waals surface area contributed by atoms with E-state index in [4.69, 9.17) is 0 Å². The van der Waals surface area contributed by atoms with Crippen LogP contribution in [0, 0.1) is 0 Å². The lowest BCUT2D eigenvalue weighted by Gasteiger charge is -2.35. The van der Waals surface area contributed by atoms with Gasteiger partial charge < -0.3 is 10.4 Å². The quantitative estimate of drug-likeness (QED) is 0.895. The number of carbonyl (C=O) groups excluding carboxylic acids is 1. The molecule has 1 saturated heterocycles. The Morgan fingerprint density at radius 2 is 1.45 bits per heavy atom. The third-order valence-electron chi connectivity index (χ3n) is 3.93. The summed E-state index contributed by atoms with van der Waals surface area (Å²) < 4.78 is 0. The van der Waals surface area contributed by atoms with Crippen LogP contribution in [0.25, 0.3) is 0 Å². The molecule has 1 fully saturated rings. The predicted molar refractivity (Wildman–Crippen MR) is 77.0 cm³/mol. The van der Waals surface area contributed by atoms with Crippen molar-refractivity contribution >= 4 is 5.91 Å². The molecule has 0 saturated carbocycles. The Kier molecular flexibility index (Phi) is 3.28. The van der Waals surface area contributed by atoms with Gasteiger partial charge >= 0.3 is 0 Å². The highest BCUT2D eigenvalue weighted by atomic mass is 16.3. The van der Waals surface area contributed by atoms with Crippen LogP contribution in [0.15, 0.2) is 60.7 Å². The second-order valence-electron chi connectivity index (χ2n) is 5.16. The van der Waals surface area contributed by atoms with E-state index >= 15 is 0 Å². The zero-order valence-corrected chi connectivity index (χ0v) is 11.1. The van der Waals surface area contributed by atoms with E-state index in [2.05, 4.69) is 5.32 Å². The first kappa shape index (κ1) is 12.9. The Morgan fingerprint density at radius 1 is 0.950 bits per heavy atom. The lowest BCUT2D eigenvalue weighted by molar-refractivity contribution is -0.120. The summed E-state index contributed by atoms with van der Waals surface area (Å²) >= 11 is 0. The highest BCUT2D eigenvalue weighted by Gasteiger charge is 2.43. The molecule has 2 aromatic carbocycles. The maximum Gasteiger partial charge on any atom is 0.220 e. The van der Waals surface area contributed by atoms with Gasteiger partial charge in [-0.2, -0.15) is 0 Å². The van der Waals surface area contributed by atoms with E-state index < -0.39 is 5.60 Å². The SMILES string of the molecule is O=C1CCC(C(O)(c2ccccc2)c2ccccc2)N1. The van der Waals surface area contributed by atoms with E-state index in [-0.39, 0.29) is 11.9 Å². The molecular formula is C17H17NO2. The van der Waals surface area contributed by atoms with Gasteiger partial charge in [0.05, 0.1) is 6.04 Å². The fourth-order valence-corrected chi connectivity index (χ4v) is 2.88. The molecule has 0 bridgehead atoms. The van der Waals surface area contributed by atoms with Gasteiger partial charge in [0.2, 0.25) is 5.91 Å². The lowest BCUT2D eigenvalue weighted by atomic mass is 9.79. The maximum absolute atomic E-state index is 11.5. The Balaban J connectivity index is 2.10. The van der Waals surface area contributed by atoms with Gasteiger partial charge in [0, 0.05) is 6.42 Å². The van der Waals surface area contributed by atoms with Crippen LogP contribution >= 0.6 is 0 Å². The molecule has 3 heteroatoms. The molecule has 2 aromatic rings. The number of nitrogens with one attached hydrogen (secondary N) is 1. The summed E-state index contributed by atoms with van der Waals surface area (Å²) in [7, 11) is 0. The van der Waals surface area contributed by atoms with Crippen molar-refractivity contribution < 1.29 is 9.90 Å². The van der Waals surface area contributed by atoms with Gasteiger partial charge in [-0.05, 0) is 17.5 Å². The normalized spacial score (nSPS) is 18.9. The largest absolute Gasteiger partial charge is 0.378 e. The molecule has 3 rings (SSSR count). The van der Waals surface area contributed by atoms with E-state index in [1.54, 1.807) is 0 Å². The molecular weight excluding hydrogens is 250 g/mol. The molecule has 1 aliphatic heterocycles. The summed E-state index contributed by atoms with van der Waals surface area (Å²) in [5.41, 5.74) is 0.422. The summed E-state index contributed by atoms with van der Waals surface area (Å²) in [6.45, 7) is 0. The van der Waals surface area contributed by atoms with Gasteiger partial charge in [0.1, 0.15) is 5.60 Å². The van der Waals surface area contributed by atoms with Crippen LogP contribution in [0.1, 0.15) is 24.0 Å². The first-order valence-electron chi connectivity index (χ1n) is 6.84. The summed E-state index contributed by atoms with van der Waals surface area (Å²) in [4.78, 5) is 11.5. The molecule has 102 valence electrons. The zero-order chi connectivity index (χ0) is 14.0. The van der Waals surface area contributed by atoms with E-state index in [0.29, 0.717) is 12.8 Å². The summed E-state index contributed by atoms with van der Waals surface area (Å²) in [6.07, 6.45) is 1.10. The van der Waals surface area contributed by atoms with E-state index in [9.17, 15) is 9.90 Å². The van der Waals surface area contributed by atoms with E-state index in [1.807, 2.05) is 60.7 Å². The number of amides is 1. The Hall–Kier alpha value is -2.13. The molecule has 1 unspecified atom stereocenters. The molecule has 0 radical (unpaired) electrons. The van der Waals surface area contributed by atoms with Crippen LogP contribution in [-0.4, -0.2) is 17.1 Å². The molecule has 0 aromatic heterocycles. The highest BCUT2D eigenvalue weighted by molar-refractivity contribution is 5.79. The van der Waals surface area contributed by atoms with Crippen molar-refractivity contribution in [3.05, 3.63) is 71.8 Å². The predicted octanol–water partition coefficient (Wildman–Crippen LogP) is 2.20. The summed E-state index contributed by atoms with van der Waals surface area (Å²) in [5, 5.41) is 14.3. The van der Waals surface area contributed by atoms with Gasteiger partial charge in [-0.15, -0.1) is 0 Å². The van der Waals surface area contributed by atoms with Crippen molar-refractivity contribution in [1.29, 1.82) is 0 Å². The molecule has 1 amide bonds. The van der Waals surface area contributed by atoms with Gasteiger partial charge in [-0.3, -0.25) is 4.79 Å². The number of hydrogen-bond acceptors (Lipinski definition) is 2. The van der Waals surface area contributed by atoms with Gasteiger partial charge in [0.25, 0.3) is 0 Å². The van der Waals surface area contributed by atoms with Gasteiger partial charge in [-0.1, -0.05) is 60.7 Å². The van der Waals surface area contributed by atoms with Crippen molar-refractivity contribution in [2.24, 2.45) is 0 Å². The first-order chi connectivity index (χ1) is 9.71. The first-order valence-corrected chi connectivity index (χ1v) is 6.84. The molecule has 1 heterocycles. The summed E-state index contributed by atoms with van der Waals surface area (Å²) in [6, 6.07) is 18.8. The zero-order valence-electron chi connectivity index (χ0n) is 11.1. The van der Waals surface area contributed by atoms with Gasteiger partial charge in [-0.25, -0.2) is 0 Å². The second kappa shape index (κ2) is 5.10. The van der Waals surface area contributed by atoms with Crippen LogP contribution < -0.4 is 5.32 Å². The van der Waals surface area contributed by atoms with Crippen molar-refractivity contribution in [1.82, 2.24) is 5.32 Å². The third-order valence-corrected chi connectivity index (χ3v) is 3.93. The molecule has 1 aliphatic rings. The maximum atomic E-state index is 11.5. The third kappa shape index (κ3) is 2.10. The smallest absolute Gasteiger partial charge is 0.220 e. The average molecular weight is 267 g/mol. The van der Waals surface area contributed by atoms with Crippen molar-refractivity contribution in [3.63, 3.8) is 0 Å². The van der Waals surface area contributed by atoms with Crippen LogP contribution in [0.4, 0.5) is 0 Å². The van der Waals surface area contributed by atoms with E-state index in [1.165, 1.54) is 0 Å². The minimum Gasteiger partial charge on any atom is -0.378 e. The van der Waals surface area contributed by atoms with E-state index in [0.717, 1.165) is 11.1 Å². The Bertz CT molecular complexity index is 555. The van der Waals surface area contributed by atoms with Crippen molar-refractivity contribution in [2.75, 3.05) is 0 Å². The minimum absolute atomic E-state index is 0.000266. The number of rotatable bonds is 3. The number of benzene rings is 2. The molecule has 1 atom stereocenters. The topological polar surface area (TPSA) is 49.3 Å². The van der Waals surface area contributed by atoms with Crippen LogP contribution in [0.3, 0.4) is 0 Å². The average Bonchev–Trinajstić information content (AvgIpc) is 2.95. The fourth-order valence-electron chi connectivity index (χ4n) is 2.88. The Labute approximate surface area is 118 Å². The molecule has 0 aliphatic carbocycles. The molecule has 3 nitrogen and oxygen atoms in total. The van der Waals surface area contributed by atoms with Crippen LogP contribution in [-0.2, 0) is 10.4 Å². The Morgan fingerprint density at radius 3 is 1.85 bits per heavy atom. The van der Waals surface area contributed by atoms with Crippen LogP contribution in [0.2, 0.25) is 0 Å². The molecule has 2 N–H and O–H groups in total. The minimum atomic E-state index is -1.19. The number of hydrogen-bond donors (Lipinski definition) is 2. The monoisotopic (exact) mass is 267 g/mol. The van der Waals surface area contributed by atoms with Crippen molar-refractivity contribution in [3.8, 4) is 0 Å². The highest BCUT2D eigenvalue weighted by Crippen LogP contribution is 2.36. The summed E-state index contributed by atoms with van der Waals surface area (Å²) in [5.74, 6) is 0.000266. The molecule has 0 spiro atoms. The van der Waals surface area contributed by atoms with Crippen molar-refractivity contribution in [2.45, 2.75) is 24.5 Å². The molecule has 20 heavy (non-hydrogen) atoms. The fraction of sp³-hybridized carbons (Fsp3) is 0.235. The van der Waals surface area contributed by atoms with Gasteiger partial charge in [0.15, 0.2) is 0 Å². The number of aliphatic hydroxyl groups is 1. The lowest BCUT2D eigenvalue weighted by Crippen LogP contribution is -2.47. The van der Waals surface area contributed by atoms with Crippen LogP contribution in [0.5, 0.6) is 0 Å².